The molecule has 3 aromatic heterocycles. The summed E-state index contributed by atoms with van der Waals surface area (Å²) in [5.41, 5.74) is 2.81. The van der Waals surface area contributed by atoms with Gasteiger partial charge in [0, 0.05) is 34.6 Å². The topological polar surface area (TPSA) is 110 Å². The van der Waals surface area contributed by atoms with E-state index in [0.717, 1.165) is 11.1 Å². The van der Waals surface area contributed by atoms with Crippen LogP contribution in [0, 0.1) is 0 Å². The van der Waals surface area contributed by atoms with Crippen LogP contribution in [-0.4, -0.2) is 61.0 Å². The van der Waals surface area contributed by atoms with Crippen LogP contribution in [-0.2, 0) is 16.1 Å². The Balaban J connectivity index is 1.41. The zero-order valence-corrected chi connectivity index (χ0v) is 20.5. The Kier molecular flexibility index (Phi) is 6.66. The van der Waals surface area contributed by atoms with E-state index in [-0.39, 0.29) is 36.3 Å². The summed E-state index contributed by atoms with van der Waals surface area (Å²) in [5, 5.41) is 11.2. The highest BCUT2D eigenvalue weighted by molar-refractivity contribution is 6.29. The average Bonchev–Trinajstić information content (AvgIpc) is 3.45. The maximum Gasteiger partial charge on any atom is 0.248 e. The molecule has 0 bridgehead atoms. The highest BCUT2D eigenvalue weighted by Gasteiger charge is 2.40. The summed E-state index contributed by atoms with van der Waals surface area (Å²) in [4.78, 5) is 43.9. The van der Waals surface area contributed by atoms with Crippen LogP contribution in [0.2, 0.25) is 5.15 Å². The number of amides is 2. The fourth-order valence-electron chi connectivity index (χ4n) is 4.58. The van der Waals surface area contributed by atoms with E-state index in [0.29, 0.717) is 16.5 Å². The Morgan fingerprint density at radius 3 is 2.70 bits per heavy atom. The molecule has 5 rings (SSSR count). The van der Waals surface area contributed by atoms with Crippen molar-refractivity contribution in [3.05, 3.63) is 71.8 Å². The van der Waals surface area contributed by atoms with Gasteiger partial charge in [0.2, 0.25) is 11.8 Å². The molecule has 1 aliphatic rings. The van der Waals surface area contributed by atoms with Gasteiger partial charge in [-0.1, -0.05) is 23.7 Å². The number of carbonyl (C=O) groups is 3. The lowest BCUT2D eigenvalue weighted by atomic mass is 10.0. The van der Waals surface area contributed by atoms with E-state index in [4.69, 9.17) is 11.6 Å². The van der Waals surface area contributed by atoms with Crippen molar-refractivity contribution in [2.75, 3.05) is 11.9 Å². The molecule has 1 saturated heterocycles. The van der Waals surface area contributed by atoms with E-state index in [1.165, 1.54) is 11.8 Å². The summed E-state index contributed by atoms with van der Waals surface area (Å²) < 4.78 is 16.0. The number of fused-ring (bicyclic) bond motifs is 1. The van der Waals surface area contributed by atoms with Crippen molar-refractivity contribution in [1.82, 2.24) is 24.6 Å². The Bertz CT molecular complexity index is 1510. The molecular weight excluding hydrogens is 499 g/mol. The minimum atomic E-state index is -1.34. The standard InChI is InChI=1S/C26H22ClFN6O3/c1-15(35)20-13-33(21-6-5-16(9-19(20)21)17-7-8-29-30-11-17)14-25(36)34-12-18(28)10-22(34)26(37)32-24-4-2-3-23(27)31-24/h2-9,11,13,18,22H,10,12,14H2,1H3,(H,31,32,37). The van der Waals surface area contributed by atoms with Crippen LogP contribution < -0.4 is 5.32 Å². The molecule has 37 heavy (non-hydrogen) atoms. The predicted octanol–water partition coefficient (Wildman–Crippen LogP) is 3.93. The number of nitrogens with one attached hydrogen (secondary N) is 1. The number of hydrogen-bond acceptors (Lipinski definition) is 6. The van der Waals surface area contributed by atoms with Gasteiger partial charge in [-0.15, -0.1) is 0 Å². The first-order chi connectivity index (χ1) is 17.8. The summed E-state index contributed by atoms with van der Waals surface area (Å²) in [5.74, 6) is -0.915. The molecule has 4 aromatic rings. The van der Waals surface area contributed by atoms with Gasteiger partial charge in [0.05, 0.1) is 18.9 Å². The van der Waals surface area contributed by atoms with Crippen molar-refractivity contribution in [1.29, 1.82) is 0 Å². The second kappa shape index (κ2) is 10.1. The fourth-order valence-corrected chi connectivity index (χ4v) is 4.75. The number of hydrogen-bond donors (Lipinski definition) is 1. The van der Waals surface area contributed by atoms with Crippen LogP contribution >= 0.6 is 11.6 Å². The van der Waals surface area contributed by atoms with Gasteiger partial charge in [0.15, 0.2) is 5.78 Å². The van der Waals surface area contributed by atoms with E-state index in [1.54, 1.807) is 41.4 Å². The Labute approximate surface area is 216 Å². The van der Waals surface area contributed by atoms with Crippen LogP contribution in [0.3, 0.4) is 0 Å². The number of halogens is 2. The van der Waals surface area contributed by atoms with E-state index in [2.05, 4.69) is 20.5 Å². The van der Waals surface area contributed by atoms with E-state index in [9.17, 15) is 18.8 Å². The van der Waals surface area contributed by atoms with Crippen LogP contribution in [0.5, 0.6) is 0 Å². The monoisotopic (exact) mass is 520 g/mol. The van der Waals surface area contributed by atoms with Crippen molar-refractivity contribution >= 4 is 45.9 Å². The summed E-state index contributed by atoms with van der Waals surface area (Å²) in [6.07, 6.45) is 3.37. The first-order valence-electron chi connectivity index (χ1n) is 11.6. The number of anilines is 1. The third kappa shape index (κ3) is 5.05. The number of likely N-dealkylation sites (tertiary alicyclic amines) is 1. The second-order valence-electron chi connectivity index (χ2n) is 8.82. The molecular formula is C26H22ClFN6O3. The van der Waals surface area contributed by atoms with Gasteiger partial charge in [0.1, 0.15) is 29.7 Å². The van der Waals surface area contributed by atoms with Crippen LogP contribution in [0.1, 0.15) is 23.7 Å². The number of rotatable bonds is 6. The molecule has 1 fully saturated rings. The number of ketones is 1. The lowest BCUT2D eigenvalue weighted by Gasteiger charge is -2.24. The maximum absolute atomic E-state index is 14.4. The number of benzene rings is 1. The average molecular weight is 521 g/mol. The third-order valence-electron chi connectivity index (χ3n) is 6.32. The summed E-state index contributed by atoms with van der Waals surface area (Å²) in [7, 11) is 0. The molecule has 4 heterocycles. The van der Waals surface area contributed by atoms with Crippen LogP contribution in [0.4, 0.5) is 10.2 Å². The van der Waals surface area contributed by atoms with Crippen LogP contribution in [0.25, 0.3) is 22.0 Å². The number of Topliss-reactive ketones (excluding diaryl/α,β-unsaturated/α-hetero) is 1. The van der Waals surface area contributed by atoms with Gasteiger partial charge in [-0.2, -0.15) is 10.2 Å². The minimum absolute atomic E-state index is 0.118. The zero-order valence-electron chi connectivity index (χ0n) is 19.8. The second-order valence-corrected chi connectivity index (χ2v) is 9.21. The first-order valence-corrected chi connectivity index (χ1v) is 12.0. The van der Waals surface area contributed by atoms with Crippen molar-refractivity contribution in [2.24, 2.45) is 0 Å². The van der Waals surface area contributed by atoms with Crippen molar-refractivity contribution in [3.63, 3.8) is 0 Å². The van der Waals surface area contributed by atoms with Crippen molar-refractivity contribution in [3.8, 4) is 11.1 Å². The lowest BCUT2D eigenvalue weighted by Crippen LogP contribution is -2.44. The molecule has 2 amide bonds. The number of nitrogens with zero attached hydrogens (tertiary/aromatic N) is 5. The van der Waals surface area contributed by atoms with Gasteiger partial charge >= 0.3 is 0 Å². The number of carbonyl (C=O) groups excluding carboxylic acids is 3. The molecule has 0 saturated carbocycles. The molecule has 2 unspecified atom stereocenters. The van der Waals surface area contributed by atoms with Gasteiger partial charge in [0.25, 0.3) is 0 Å². The number of alkyl halides is 1. The highest BCUT2D eigenvalue weighted by Crippen LogP contribution is 2.29. The largest absolute Gasteiger partial charge is 0.337 e. The zero-order chi connectivity index (χ0) is 26.1. The summed E-state index contributed by atoms with van der Waals surface area (Å²) >= 11 is 5.88. The van der Waals surface area contributed by atoms with E-state index >= 15 is 0 Å². The van der Waals surface area contributed by atoms with Gasteiger partial charge in [-0.25, -0.2) is 9.37 Å². The van der Waals surface area contributed by atoms with Gasteiger partial charge in [-0.3, -0.25) is 14.4 Å². The van der Waals surface area contributed by atoms with Crippen molar-refractivity contribution in [2.45, 2.75) is 32.1 Å². The highest BCUT2D eigenvalue weighted by atomic mass is 35.5. The molecule has 1 aromatic carbocycles. The Morgan fingerprint density at radius 1 is 1.14 bits per heavy atom. The molecule has 2 atom stereocenters. The molecule has 11 heteroatoms. The van der Waals surface area contributed by atoms with Gasteiger partial charge < -0.3 is 14.8 Å². The number of aromatic nitrogens is 4. The normalized spacial score (nSPS) is 17.2. The van der Waals surface area contributed by atoms with Crippen molar-refractivity contribution < 1.29 is 18.8 Å². The first kappa shape index (κ1) is 24.5. The Hall–Kier alpha value is -4.18. The summed E-state index contributed by atoms with van der Waals surface area (Å²) in [6.45, 7) is 1.10. The number of pyridine rings is 1. The third-order valence-corrected chi connectivity index (χ3v) is 6.53. The smallest absolute Gasteiger partial charge is 0.248 e. The molecule has 0 spiro atoms. The fraction of sp³-hybridized carbons (Fsp3) is 0.231. The van der Waals surface area contributed by atoms with E-state index in [1.807, 2.05) is 24.3 Å². The molecule has 0 radical (unpaired) electrons. The molecule has 0 aliphatic carbocycles. The SMILES string of the molecule is CC(=O)c1cn(CC(=O)N2CC(F)CC2C(=O)Nc2cccc(Cl)n2)c2ccc(-c3ccnnc3)cc12. The molecule has 1 aliphatic heterocycles. The van der Waals surface area contributed by atoms with Gasteiger partial charge in [-0.05, 0) is 42.8 Å². The molecule has 1 N–H and O–H groups in total. The lowest BCUT2D eigenvalue weighted by molar-refractivity contribution is -0.137. The molecule has 9 nitrogen and oxygen atoms in total. The maximum atomic E-state index is 14.4. The molecule has 188 valence electrons. The quantitative estimate of drug-likeness (QED) is 0.305. The predicted molar refractivity (Wildman–Crippen MR) is 136 cm³/mol. The minimum Gasteiger partial charge on any atom is -0.337 e. The Morgan fingerprint density at radius 2 is 1.97 bits per heavy atom. The summed E-state index contributed by atoms with van der Waals surface area (Å²) in [6, 6.07) is 11.1. The van der Waals surface area contributed by atoms with E-state index < -0.39 is 24.0 Å². The van der Waals surface area contributed by atoms with Crippen LogP contribution in [0.15, 0.2) is 61.1 Å².